The predicted molar refractivity (Wildman–Crippen MR) is 134 cm³/mol. The normalized spacial score (nSPS) is 14.3. The second-order valence-corrected chi connectivity index (χ2v) is 10.3. The minimum Gasteiger partial charge on any atom is -0.342 e. The van der Waals surface area contributed by atoms with Crippen LogP contribution in [0, 0.1) is 0 Å². The molecule has 4 rings (SSSR count). The van der Waals surface area contributed by atoms with Gasteiger partial charge in [0.05, 0.1) is 22.2 Å². The van der Waals surface area contributed by atoms with Gasteiger partial charge in [0.25, 0.3) is 0 Å². The molecule has 9 heteroatoms. The number of likely N-dealkylation sites (tertiary alicyclic amines) is 1. The first-order valence-electron chi connectivity index (χ1n) is 10.4. The first kappa shape index (κ1) is 22.9. The van der Waals surface area contributed by atoms with Gasteiger partial charge in [0, 0.05) is 40.6 Å². The molecule has 1 aliphatic heterocycles. The van der Waals surface area contributed by atoms with Crippen LogP contribution in [0.1, 0.15) is 23.8 Å². The van der Waals surface area contributed by atoms with Crippen molar-refractivity contribution >= 4 is 56.7 Å². The number of aromatic nitrogens is 2. The molecule has 6 nitrogen and oxygen atoms in total. The quantitative estimate of drug-likeness (QED) is 0.462. The second kappa shape index (κ2) is 11.1. The average Bonchev–Trinajstić information content (AvgIpc) is 3.30. The molecule has 1 N–H and O–H groups in total. The Labute approximate surface area is 204 Å². The van der Waals surface area contributed by atoms with E-state index in [-0.39, 0.29) is 17.6 Å². The van der Waals surface area contributed by atoms with Gasteiger partial charge in [-0.3, -0.25) is 9.59 Å². The highest BCUT2D eigenvalue weighted by atomic mass is 79.9. The molecule has 0 saturated carbocycles. The summed E-state index contributed by atoms with van der Waals surface area (Å²) in [4.78, 5) is 35.4. The average molecular weight is 532 g/mol. The van der Waals surface area contributed by atoms with Crippen molar-refractivity contribution < 1.29 is 9.59 Å². The molecular formula is C23H23BrN4O2S2. The number of benzene rings is 1. The van der Waals surface area contributed by atoms with Crippen LogP contribution in [-0.4, -0.2) is 51.3 Å². The zero-order valence-corrected chi connectivity index (χ0v) is 20.6. The number of amides is 2. The SMILES string of the molecule is O=C(CSCC(=O)N1CCC(c2nc(-c3cccc(Br)c3)cs2)CC1)Nc1ccccn1. The third kappa shape index (κ3) is 6.17. The van der Waals surface area contributed by atoms with Gasteiger partial charge < -0.3 is 10.2 Å². The zero-order chi connectivity index (χ0) is 22.3. The number of carbonyl (C=O) groups excluding carboxylic acids is 2. The third-order valence-corrected chi connectivity index (χ3v) is 7.65. The molecule has 32 heavy (non-hydrogen) atoms. The van der Waals surface area contributed by atoms with E-state index in [1.807, 2.05) is 23.1 Å². The number of anilines is 1. The topological polar surface area (TPSA) is 75.2 Å². The molecule has 1 aromatic carbocycles. The molecule has 1 saturated heterocycles. The van der Waals surface area contributed by atoms with Gasteiger partial charge in [-0.05, 0) is 37.1 Å². The highest BCUT2D eigenvalue weighted by molar-refractivity contribution is 9.10. The van der Waals surface area contributed by atoms with E-state index < -0.39 is 0 Å². The summed E-state index contributed by atoms with van der Waals surface area (Å²) in [6.45, 7) is 1.46. The highest BCUT2D eigenvalue weighted by Crippen LogP contribution is 2.33. The van der Waals surface area contributed by atoms with E-state index in [0.29, 0.717) is 17.5 Å². The molecule has 2 amide bonds. The van der Waals surface area contributed by atoms with E-state index >= 15 is 0 Å². The number of carbonyl (C=O) groups is 2. The minimum absolute atomic E-state index is 0.0908. The molecule has 1 aliphatic rings. The van der Waals surface area contributed by atoms with E-state index in [1.165, 1.54) is 11.8 Å². The molecule has 0 aliphatic carbocycles. The first-order chi connectivity index (χ1) is 15.6. The summed E-state index contributed by atoms with van der Waals surface area (Å²) in [5.41, 5.74) is 2.11. The number of halogens is 1. The lowest BCUT2D eigenvalue weighted by atomic mass is 9.97. The summed E-state index contributed by atoms with van der Waals surface area (Å²) < 4.78 is 1.04. The smallest absolute Gasteiger partial charge is 0.235 e. The second-order valence-electron chi connectivity index (χ2n) is 7.49. The van der Waals surface area contributed by atoms with E-state index in [0.717, 1.165) is 46.7 Å². The molecular weight excluding hydrogens is 508 g/mol. The summed E-state index contributed by atoms with van der Waals surface area (Å²) in [5, 5.41) is 5.99. The van der Waals surface area contributed by atoms with Crippen molar-refractivity contribution in [3.8, 4) is 11.3 Å². The van der Waals surface area contributed by atoms with Gasteiger partial charge in [0.15, 0.2) is 0 Å². The molecule has 0 spiro atoms. The largest absolute Gasteiger partial charge is 0.342 e. The number of piperidine rings is 1. The summed E-state index contributed by atoms with van der Waals surface area (Å²) in [7, 11) is 0. The van der Waals surface area contributed by atoms with Gasteiger partial charge >= 0.3 is 0 Å². The number of pyridine rings is 1. The van der Waals surface area contributed by atoms with Crippen LogP contribution in [0.3, 0.4) is 0 Å². The standard InChI is InChI=1S/C23H23BrN4O2S2/c24-18-5-3-4-17(12-18)19-13-32-23(26-19)16-7-10-28(11-8-16)22(30)15-31-14-21(29)27-20-6-1-2-9-25-20/h1-6,9,12-13,16H,7-8,10-11,14-15H2,(H,25,27,29). The molecule has 166 valence electrons. The minimum atomic E-state index is -0.148. The van der Waals surface area contributed by atoms with Gasteiger partial charge in [-0.1, -0.05) is 34.1 Å². The zero-order valence-electron chi connectivity index (χ0n) is 17.4. The molecule has 0 atom stereocenters. The number of nitrogens with one attached hydrogen (secondary N) is 1. The number of hydrogen-bond donors (Lipinski definition) is 1. The number of hydrogen-bond acceptors (Lipinski definition) is 6. The maximum Gasteiger partial charge on any atom is 0.235 e. The molecule has 3 heterocycles. The van der Waals surface area contributed by atoms with E-state index in [4.69, 9.17) is 4.98 Å². The maximum absolute atomic E-state index is 12.5. The molecule has 1 fully saturated rings. The van der Waals surface area contributed by atoms with Crippen LogP contribution in [0.2, 0.25) is 0 Å². The van der Waals surface area contributed by atoms with Gasteiger partial charge in [-0.15, -0.1) is 23.1 Å². The Kier molecular flexibility index (Phi) is 7.94. The summed E-state index contributed by atoms with van der Waals surface area (Å²) >= 11 is 6.55. The van der Waals surface area contributed by atoms with Gasteiger partial charge in [0.2, 0.25) is 11.8 Å². The molecule has 0 radical (unpaired) electrons. The van der Waals surface area contributed by atoms with Crippen molar-refractivity contribution in [2.24, 2.45) is 0 Å². The van der Waals surface area contributed by atoms with Crippen LogP contribution in [0.25, 0.3) is 11.3 Å². The molecule has 2 aromatic heterocycles. The number of nitrogens with zero attached hydrogens (tertiary/aromatic N) is 3. The lowest BCUT2D eigenvalue weighted by Gasteiger charge is -2.31. The van der Waals surface area contributed by atoms with Gasteiger partial charge in [-0.2, -0.15) is 0 Å². The predicted octanol–water partition coefficient (Wildman–Crippen LogP) is 5.05. The Morgan fingerprint density at radius 3 is 2.75 bits per heavy atom. The lowest BCUT2D eigenvalue weighted by Crippen LogP contribution is -2.39. The van der Waals surface area contributed by atoms with Crippen LogP contribution in [0.5, 0.6) is 0 Å². The van der Waals surface area contributed by atoms with Crippen LogP contribution >= 0.6 is 39.0 Å². The van der Waals surface area contributed by atoms with E-state index in [9.17, 15) is 9.59 Å². The fraction of sp³-hybridized carbons (Fsp3) is 0.304. The van der Waals surface area contributed by atoms with Crippen molar-refractivity contribution in [3.05, 3.63) is 63.5 Å². The summed E-state index contributed by atoms with van der Waals surface area (Å²) in [5.74, 6) is 1.40. The Morgan fingerprint density at radius 2 is 2.00 bits per heavy atom. The van der Waals surface area contributed by atoms with Crippen molar-refractivity contribution in [2.45, 2.75) is 18.8 Å². The van der Waals surface area contributed by atoms with Crippen LogP contribution in [0.15, 0.2) is 58.5 Å². The van der Waals surface area contributed by atoms with Crippen molar-refractivity contribution in [3.63, 3.8) is 0 Å². The molecule has 3 aromatic rings. The first-order valence-corrected chi connectivity index (χ1v) is 13.2. The summed E-state index contributed by atoms with van der Waals surface area (Å²) in [6, 6.07) is 13.5. The monoisotopic (exact) mass is 530 g/mol. The Bertz CT molecular complexity index is 1070. The van der Waals surface area contributed by atoms with Crippen LogP contribution < -0.4 is 5.32 Å². The van der Waals surface area contributed by atoms with Crippen molar-refractivity contribution in [1.82, 2.24) is 14.9 Å². The molecule has 0 bridgehead atoms. The third-order valence-electron chi connectivity index (χ3n) is 5.23. The van der Waals surface area contributed by atoms with Crippen molar-refractivity contribution in [2.75, 3.05) is 29.9 Å². The Morgan fingerprint density at radius 1 is 1.16 bits per heavy atom. The Hall–Kier alpha value is -2.23. The number of rotatable bonds is 7. The van der Waals surface area contributed by atoms with E-state index in [2.05, 4.69) is 43.7 Å². The number of thioether (sulfide) groups is 1. The molecule has 0 unspecified atom stereocenters. The van der Waals surface area contributed by atoms with Crippen molar-refractivity contribution in [1.29, 1.82) is 0 Å². The van der Waals surface area contributed by atoms with Crippen LogP contribution in [-0.2, 0) is 9.59 Å². The van der Waals surface area contributed by atoms with Gasteiger partial charge in [-0.25, -0.2) is 9.97 Å². The highest BCUT2D eigenvalue weighted by Gasteiger charge is 2.25. The summed E-state index contributed by atoms with van der Waals surface area (Å²) in [6.07, 6.45) is 3.47. The van der Waals surface area contributed by atoms with Crippen LogP contribution in [0.4, 0.5) is 5.82 Å². The fourth-order valence-electron chi connectivity index (χ4n) is 3.57. The van der Waals surface area contributed by atoms with E-state index in [1.54, 1.807) is 29.7 Å². The fourth-order valence-corrected chi connectivity index (χ4v) is 5.69. The lowest BCUT2D eigenvalue weighted by molar-refractivity contribution is -0.129. The Balaban J connectivity index is 1.21. The number of thiazole rings is 1. The maximum atomic E-state index is 12.5. The van der Waals surface area contributed by atoms with Gasteiger partial charge in [0.1, 0.15) is 5.82 Å².